The number of nitrogens with zero attached hydrogens (tertiary/aromatic N) is 2. The number of carbonyl (C=O) groups is 2. The zero-order chi connectivity index (χ0) is 21.1. The van der Waals surface area contributed by atoms with Crippen LogP contribution in [-0.4, -0.2) is 33.4 Å². The van der Waals surface area contributed by atoms with Gasteiger partial charge in [-0.3, -0.25) is 19.7 Å². The third-order valence-electron chi connectivity index (χ3n) is 5.59. The monoisotopic (exact) mass is 445 g/mol. The second kappa shape index (κ2) is 9.18. The van der Waals surface area contributed by atoms with Gasteiger partial charge in [-0.25, -0.2) is 0 Å². The van der Waals surface area contributed by atoms with Gasteiger partial charge in [0.2, 0.25) is 11.8 Å². The minimum Gasteiger partial charge on any atom is -0.351 e. The van der Waals surface area contributed by atoms with Gasteiger partial charge in [0, 0.05) is 33.5 Å². The van der Waals surface area contributed by atoms with Crippen LogP contribution < -0.4 is 5.32 Å². The Hall–Kier alpha value is -2.39. The molecule has 30 heavy (non-hydrogen) atoms. The highest BCUT2D eigenvalue weighted by Gasteiger charge is 2.37. The first kappa shape index (κ1) is 20.9. The molecule has 0 bridgehead atoms. The highest BCUT2D eigenvalue weighted by molar-refractivity contribution is 8.00. The van der Waals surface area contributed by atoms with Crippen molar-refractivity contribution in [1.29, 1.82) is 0 Å². The maximum atomic E-state index is 13.5. The van der Waals surface area contributed by atoms with E-state index in [4.69, 9.17) is 0 Å². The van der Waals surface area contributed by atoms with E-state index in [1.165, 1.54) is 41.7 Å². The molecule has 4 rings (SSSR count). The van der Waals surface area contributed by atoms with Gasteiger partial charge in [-0.2, -0.15) is 0 Å². The van der Waals surface area contributed by atoms with Crippen LogP contribution >= 0.6 is 23.1 Å². The van der Waals surface area contributed by atoms with Crippen molar-refractivity contribution >= 4 is 40.6 Å². The van der Waals surface area contributed by atoms with Crippen molar-refractivity contribution in [1.82, 2.24) is 10.2 Å². The molecular formula is C21H23N3O4S2. The van der Waals surface area contributed by atoms with Crippen molar-refractivity contribution in [3.8, 4) is 0 Å². The van der Waals surface area contributed by atoms with Crippen LogP contribution in [0.2, 0.25) is 0 Å². The number of amides is 2. The van der Waals surface area contributed by atoms with Crippen LogP contribution in [-0.2, 0) is 16.1 Å². The highest BCUT2D eigenvalue weighted by atomic mass is 32.2. The lowest BCUT2D eigenvalue weighted by Gasteiger charge is -2.32. The van der Waals surface area contributed by atoms with Crippen LogP contribution in [0.3, 0.4) is 0 Å². The third-order valence-corrected chi connectivity index (χ3v) is 7.52. The van der Waals surface area contributed by atoms with Crippen molar-refractivity contribution in [2.45, 2.75) is 55.6 Å². The maximum Gasteiger partial charge on any atom is 0.269 e. The molecule has 2 heterocycles. The summed E-state index contributed by atoms with van der Waals surface area (Å²) in [5, 5.41) is 16.4. The van der Waals surface area contributed by atoms with E-state index in [1.54, 1.807) is 11.0 Å². The summed E-state index contributed by atoms with van der Waals surface area (Å²) in [5.41, 5.74) is 0.458. The van der Waals surface area contributed by atoms with E-state index in [2.05, 4.69) is 5.32 Å². The standard InChI is InChI=1S/C21H23N3O4S2/c25-19-13-30-18-9-8-15(24(27)28)11-17(18)20(23(19)12-16-7-4-10-29-16)21(26)22-14-5-2-1-3-6-14/h4,7-11,14,20H,1-3,5-6,12-13H2,(H,22,26). The number of non-ortho nitro benzene ring substituents is 1. The summed E-state index contributed by atoms with van der Waals surface area (Å²) in [6.45, 7) is 0.307. The van der Waals surface area contributed by atoms with Crippen LogP contribution in [0.15, 0.2) is 40.6 Å². The molecule has 158 valence electrons. The van der Waals surface area contributed by atoms with Crippen LogP contribution in [0.5, 0.6) is 0 Å². The predicted molar refractivity (Wildman–Crippen MR) is 116 cm³/mol. The van der Waals surface area contributed by atoms with Crippen LogP contribution in [0.4, 0.5) is 5.69 Å². The van der Waals surface area contributed by atoms with E-state index in [0.29, 0.717) is 12.1 Å². The third kappa shape index (κ3) is 4.52. The molecule has 2 aromatic rings. The van der Waals surface area contributed by atoms with Crippen molar-refractivity contribution in [2.24, 2.45) is 0 Å². The van der Waals surface area contributed by atoms with Crippen LogP contribution in [0, 0.1) is 10.1 Å². The number of hydrogen-bond donors (Lipinski definition) is 1. The fraction of sp³-hybridized carbons (Fsp3) is 0.429. The van der Waals surface area contributed by atoms with E-state index < -0.39 is 11.0 Å². The van der Waals surface area contributed by atoms with E-state index >= 15 is 0 Å². The molecule has 0 radical (unpaired) electrons. The van der Waals surface area contributed by atoms with Gasteiger partial charge in [0.15, 0.2) is 0 Å². The Balaban J connectivity index is 1.73. The van der Waals surface area contributed by atoms with Crippen molar-refractivity contribution < 1.29 is 14.5 Å². The Labute approximate surface area is 183 Å². The number of nitrogens with one attached hydrogen (secondary N) is 1. The average molecular weight is 446 g/mol. The van der Waals surface area contributed by atoms with Gasteiger partial charge in [-0.1, -0.05) is 25.3 Å². The Morgan fingerprint density at radius 1 is 1.23 bits per heavy atom. The fourth-order valence-corrected chi connectivity index (χ4v) is 5.74. The first-order chi connectivity index (χ1) is 14.5. The summed E-state index contributed by atoms with van der Waals surface area (Å²) < 4.78 is 0. The van der Waals surface area contributed by atoms with Gasteiger partial charge in [-0.15, -0.1) is 23.1 Å². The van der Waals surface area contributed by atoms with E-state index in [1.807, 2.05) is 17.5 Å². The summed E-state index contributed by atoms with van der Waals surface area (Å²) in [5.74, 6) is -0.198. The number of hydrogen-bond acceptors (Lipinski definition) is 6. The minimum atomic E-state index is -0.883. The molecule has 1 unspecified atom stereocenters. The zero-order valence-corrected chi connectivity index (χ0v) is 18.0. The second-order valence-corrected chi connectivity index (χ2v) is 9.66. The summed E-state index contributed by atoms with van der Waals surface area (Å²) >= 11 is 2.85. The SMILES string of the molecule is O=C(NC1CCCCC1)C1c2cc([N+](=O)[O-])ccc2SCC(=O)N1Cc1cccs1. The largest absolute Gasteiger partial charge is 0.351 e. The number of fused-ring (bicyclic) bond motifs is 1. The highest BCUT2D eigenvalue weighted by Crippen LogP contribution is 2.38. The smallest absolute Gasteiger partial charge is 0.269 e. The first-order valence-corrected chi connectivity index (χ1v) is 11.9. The number of rotatable bonds is 5. The fourth-order valence-electron chi connectivity index (χ4n) is 4.09. The van der Waals surface area contributed by atoms with E-state index in [-0.39, 0.29) is 29.3 Å². The number of benzene rings is 1. The normalized spacial score (nSPS) is 19.8. The van der Waals surface area contributed by atoms with Gasteiger partial charge in [0.05, 0.1) is 17.2 Å². The molecule has 1 aliphatic carbocycles. The quantitative estimate of drug-likeness (QED) is 0.548. The second-order valence-electron chi connectivity index (χ2n) is 7.61. The zero-order valence-electron chi connectivity index (χ0n) is 16.4. The summed E-state index contributed by atoms with van der Waals surface area (Å²) in [7, 11) is 0. The van der Waals surface area contributed by atoms with Crippen molar-refractivity contribution in [3.05, 3.63) is 56.3 Å². The molecule has 9 heteroatoms. The topological polar surface area (TPSA) is 92.5 Å². The summed E-state index contributed by atoms with van der Waals surface area (Å²) in [6.07, 6.45) is 5.17. The molecule has 1 aromatic carbocycles. The lowest BCUT2D eigenvalue weighted by molar-refractivity contribution is -0.385. The van der Waals surface area contributed by atoms with Gasteiger partial charge in [0.25, 0.3) is 5.69 Å². The molecule has 0 saturated heterocycles. The molecule has 1 aromatic heterocycles. The number of nitro groups is 1. The summed E-state index contributed by atoms with van der Waals surface area (Å²) in [6, 6.07) is 7.58. The van der Waals surface area contributed by atoms with Gasteiger partial charge in [0.1, 0.15) is 6.04 Å². The molecule has 1 aliphatic heterocycles. The molecule has 2 aliphatic rings. The Bertz CT molecular complexity index is 942. The van der Waals surface area contributed by atoms with Crippen molar-refractivity contribution in [2.75, 3.05) is 5.75 Å². The number of thioether (sulfide) groups is 1. The molecule has 1 saturated carbocycles. The average Bonchev–Trinajstić information content (AvgIpc) is 3.21. The molecule has 1 N–H and O–H groups in total. The lowest BCUT2D eigenvalue weighted by atomic mass is 9.94. The van der Waals surface area contributed by atoms with Gasteiger partial charge < -0.3 is 10.2 Å². The van der Waals surface area contributed by atoms with Crippen molar-refractivity contribution in [3.63, 3.8) is 0 Å². The lowest BCUT2D eigenvalue weighted by Crippen LogP contribution is -2.46. The Morgan fingerprint density at radius 2 is 2.03 bits per heavy atom. The molecule has 0 spiro atoms. The van der Waals surface area contributed by atoms with Crippen LogP contribution in [0.1, 0.15) is 48.6 Å². The molecule has 2 amide bonds. The van der Waals surface area contributed by atoms with E-state index in [0.717, 1.165) is 35.5 Å². The number of nitro benzene ring substituents is 1. The van der Waals surface area contributed by atoms with Gasteiger partial charge >= 0.3 is 0 Å². The van der Waals surface area contributed by atoms with E-state index in [9.17, 15) is 19.7 Å². The van der Waals surface area contributed by atoms with Crippen LogP contribution in [0.25, 0.3) is 0 Å². The molecular weight excluding hydrogens is 422 g/mol. The maximum absolute atomic E-state index is 13.5. The summed E-state index contributed by atoms with van der Waals surface area (Å²) in [4.78, 5) is 40.7. The predicted octanol–water partition coefficient (Wildman–Crippen LogP) is 4.28. The molecule has 1 fully saturated rings. The minimum absolute atomic E-state index is 0.0739. The Kier molecular flexibility index (Phi) is 6.38. The Morgan fingerprint density at radius 3 is 2.73 bits per heavy atom. The first-order valence-electron chi connectivity index (χ1n) is 10.1. The number of thiophene rings is 1. The molecule has 1 atom stereocenters. The number of carbonyl (C=O) groups excluding carboxylic acids is 2. The molecule has 7 nitrogen and oxygen atoms in total. The van der Waals surface area contributed by atoms with Gasteiger partial charge in [-0.05, 0) is 30.4 Å².